The van der Waals surface area contributed by atoms with Crippen molar-refractivity contribution in [1.82, 2.24) is 15.2 Å². The zero-order valence-corrected chi connectivity index (χ0v) is 11.2. The van der Waals surface area contributed by atoms with Gasteiger partial charge < -0.3 is 20.9 Å². The summed E-state index contributed by atoms with van der Waals surface area (Å²) >= 11 is 4.95. The summed E-state index contributed by atoms with van der Waals surface area (Å²) in [4.78, 5) is 20.4. The fourth-order valence-electron chi connectivity index (χ4n) is 2.55. The van der Waals surface area contributed by atoms with Gasteiger partial charge in [-0.25, -0.2) is 9.78 Å². The van der Waals surface area contributed by atoms with Crippen LogP contribution in [-0.4, -0.2) is 53.1 Å². The molecule has 2 aliphatic heterocycles. The van der Waals surface area contributed by atoms with E-state index in [2.05, 4.69) is 15.2 Å². The third kappa shape index (κ3) is 2.21. The van der Waals surface area contributed by atoms with Crippen molar-refractivity contribution in [2.24, 2.45) is 5.73 Å². The van der Waals surface area contributed by atoms with Gasteiger partial charge >= 0.3 is 6.03 Å². The molecule has 0 aliphatic carbocycles. The van der Waals surface area contributed by atoms with Gasteiger partial charge in [-0.05, 0) is 12.1 Å². The van der Waals surface area contributed by atoms with Crippen molar-refractivity contribution in [3.8, 4) is 0 Å². The van der Waals surface area contributed by atoms with Gasteiger partial charge in [0, 0.05) is 26.2 Å². The molecule has 2 saturated heterocycles. The van der Waals surface area contributed by atoms with E-state index >= 15 is 0 Å². The predicted octanol–water partition coefficient (Wildman–Crippen LogP) is -0.0704. The van der Waals surface area contributed by atoms with Crippen LogP contribution in [0.3, 0.4) is 0 Å². The summed E-state index contributed by atoms with van der Waals surface area (Å²) in [5, 5.41) is 2.86. The molecule has 6 nitrogen and oxygen atoms in total. The van der Waals surface area contributed by atoms with E-state index in [1.807, 2.05) is 23.1 Å². The number of hydrogen-bond acceptors (Lipinski definition) is 4. The van der Waals surface area contributed by atoms with Crippen LogP contribution in [0.5, 0.6) is 0 Å². The lowest BCUT2D eigenvalue weighted by molar-refractivity contribution is 0.197. The van der Waals surface area contributed by atoms with E-state index in [1.165, 1.54) is 0 Å². The lowest BCUT2D eigenvalue weighted by Crippen LogP contribution is -2.52. The summed E-state index contributed by atoms with van der Waals surface area (Å²) in [6.07, 6.45) is 0. The van der Waals surface area contributed by atoms with Gasteiger partial charge in [0.1, 0.15) is 10.8 Å². The first-order chi connectivity index (χ1) is 9.15. The number of hydrogen-bond donors (Lipinski definition) is 2. The number of aromatic nitrogens is 1. The molecule has 100 valence electrons. The molecule has 1 aromatic heterocycles. The van der Waals surface area contributed by atoms with E-state index in [9.17, 15) is 4.79 Å². The number of pyridine rings is 1. The summed E-state index contributed by atoms with van der Waals surface area (Å²) in [5.74, 6) is 0.865. The third-order valence-electron chi connectivity index (χ3n) is 3.54. The van der Waals surface area contributed by atoms with E-state index in [-0.39, 0.29) is 12.1 Å². The molecule has 3 N–H and O–H groups in total. The topological polar surface area (TPSA) is 74.5 Å². The van der Waals surface area contributed by atoms with Gasteiger partial charge in [-0.1, -0.05) is 18.3 Å². The Kier molecular flexibility index (Phi) is 2.98. The van der Waals surface area contributed by atoms with E-state index in [4.69, 9.17) is 18.0 Å². The fourth-order valence-corrected chi connectivity index (χ4v) is 2.66. The quantitative estimate of drug-likeness (QED) is 0.740. The van der Waals surface area contributed by atoms with E-state index in [0.29, 0.717) is 17.2 Å². The number of nitrogens with two attached hydrogens (primary N) is 1. The molecule has 19 heavy (non-hydrogen) atoms. The summed E-state index contributed by atoms with van der Waals surface area (Å²) < 4.78 is 0. The monoisotopic (exact) mass is 277 g/mol. The Bertz CT molecular complexity index is 535. The normalized spacial score (nSPS) is 22.1. The Hall–Kier alpha value is -1.89. The first kappa shape index (κ1) is 12.2. The van der Waals surface area contributed by atoms with Gasteiger partial charge in [-0.2, -0.15) is 0 Å². The molecule has 2 aliphatic rings. The number of urea groups is 1. The molecule has 1 atom stereocenters. The summed E-state index contributed by atoms with van der Waals surface area (Å²) in [6.45, 7) is 2.98. The van der Waals surface area contributed by atoms with E-state index < -0.39 is 0 Å². The second-order valence-corrected chi connectivity index (χ2v) is 5.16. The number of nitrogens with zero attached hydrogens (tertiary/aromatic N) is 3. The number of nitrogens with one attached hydrogen (secondary N) is 1. The van der Waals surface area contributed by atoms with Gasteiger partial charge in [0.05, 0.1) is 11.7 Å². The molecule has 3 rings (SSSR count). The minimum Gasteiger partial charge on any atom is -0.388 e. The van der Waals surface area contributed by atoms with Gasteiger partial charge in [0.2, 0.25) is 0 Å². The Morgan fingerprint density at radius 3 is 3.11 bits per heavy atom. The molecule has 7 heteroatoms. The van der Waals surface area contributed by atoms with Crippen LogP contribution in [0.25, 0.3) is 0 Å². The average Bonchev–Trinajstić information content (AvgIpc) is 2.80. The summed E-state index contributed by atoms with van der Waals surface area (Å²) in [5.41, 5.74) is 6.24. The van der Waals surface area contributed by atoms with Gasteiger partial charge in [0.25, 0.3) is 0 Å². The third-order valence-corrected chi connectivity index (χ3v) is 3.75. The standard InChI is InChI=1S/C12H15N5OS/c13-11(19)9-2-1-3-10(15-9)16-4-5-17-8(7-16)6-14-12(17)18/h1-3,8H,4-7H2,(H2,13,19)(H,14,18). The molecule has 1 aromatic rings. The summed E-state index contributed by atoms with van der Waals surface area (Å²) in [7, 11) is 0. The molecule has 0 radical (unpaired) electrons. The van der Waals surface area contributed by atoms with E-state index in [0.717, 1.165) is 25.5 Å². The van der Waals surface area contributed by atoms with Crippen molar-refractivity contribution >= 4 is 29.1 Å². The first-order valence-corrected chi connectivity index (χ1v) is 6.62. The SMILES string of the molecule is NC(=S)c1cccc(N2CCN3C(=O)NCC3C2)n1. The van der Waals surface area contributed by atoms with Crippen molar-refractivity contribution in [3.63, 3.8) is 0 Å². The second-order valence-electron chi connectivity index (χ2n) is 4.72. The highest BCUT2D eigenvalue weighted by Crippen LogP contribution is 2.19. The zero-order chi connectivity index (χ0) is 13.4. The molecule has 2 fully saturated rings. The Labute approximate surface area is 116 Å². The van der Waals surface area contributed by atoms with Crippen LogP contribution < -0.4 is 16.0 Å². The Morgan fingerprint density at radius 1 is 1.47 bits per heavy atom. The molecular formula is C12H15N5OS. The molecular weight excluding hydrogens is 262 g/mol. The van der Waals surface area contributed by atoms with Gasteiger partial charge in [-0.15, -0.1) is 0 Å². The number of piperazine rings is 1. The highest BCUT2D eigenvalue weighted by Gasteiger charge is 2.35. The van der Waals surface area contributed by atoms with Crippen molar-refractivity contribution in [2.75, 3.05) is 31.1 Å². The van der Waals surface area contributed by atoms with Crippen LogP contribution in [0.2, 0.25) is 0 Å². The van der Waals surface area contributed by atoms with Crippen LogP contribution in [0.1, 0.15) is 5.69 Å². The van der Waals surface area contributed by atoms with E-state index in [1.54, 1.807) is 0 Å². The van der Waals surface area contributed by atoms with Crippen LogP contribution in [0, 0.1) is 0 Å². The fraction of sp³-hybridized carbons (Fsp3) is 0.417. The van der Waals surface area contributed by atoms with Crippen LogP contribution in [0.4, 0.5) is 10.6 Å². The second kappa shape index (κ2) is 4.65. The smallest absolute Gasteiger partial charge is 0.317 e. The molecule has 2 amide bonds. The number of anilines is 1. The molecule has 0 bridgehead atoms. The number of fused-ring (bicyclic) bond motifs is 1. The van der Waals surface area contributed by atoms with Crippen molar-refractivity contribution in [1.29, 1.82) is 0 Å². The lowest BCUT2D eigenvalue weighted by Gasteiger charge is -2.37. The molecule has 0 saturated carbocycles. The van der Waals surface area contributed by atoms with Crippen LogP contribution in [0.15, 0.2) is 18.2 Å². The van der Waals surface area contributed by atoms with Gasteiger partial charge in [0.15, 0.2) is 0 Å². The minimum atomic E-state index is 0.0366. The highest BCUT2D eigenvalue weighted by molar-refractivity contribution is 7.80. The number of carbonyl (C=O) groups is 1. The number of rotatable bonds is 2. The zero-order valence-electron chi connectivity index (χ0n) is 10.4. The van der Waals surface area contributed by atoms with Crippen molar-refractivity contribution in [3.05, 3.63) is 23.9 Å². The largest absolute Gasteiger partial charge is 0.388 e. The first-order valence-electron chi connectivity index (χ1n) is 6.21. The summed E-state index contributed by atoms with van der Waals surface area (Å²) in [6, 6.07) is 5.91. The van der Waals surface area contributed by atoms with Crippen molar-refractivity contribution in [2.45, 2.75) is 6.04 Å². The number of thiocarbonyl (C=S) groups is 1. The molecule has 0 aromatic carbocycles. The predicted molar refractivity (Wildman–Crippen MR) is 76.2 cm³/mol. The van der Waals surface area contributed by atoms with Crippen LogP contribution >= 0.6 is 12.2 Å². The maximum Gasteiger partial charge on any atom is 0.317 e. The van der Waals surface area contributed by atoms with Gasteiger partial charge in [-0.3, -0.25) is 0 Å². The minimum absolute atomic E-state index is 0.0366. The Morgan fingerprint density at radius 2 is 2.32 bits per heavy atom. The maximum atomic E-state index is 11.5. The number of carbonyl (C=O) groups excluding carboxylic acids is 1. The lowest BCUT2D eigenvalue weighted by atomic mass is 10.2. The van der Waals surface area contributed by atoms with Crippen LogP contribution in [-0.2, 0) is 0 Å². The highest BCUT2D eigenvalue weighted by atomic mass is 32.1. The molecule has 3 heterocycles. The molecule has 0 spiro atoms. The number of amides is 2. The Balaban J connectivity index is 1.78. The van der Waals surface area contributed by atoms with Crippen molar-refractivity contribution < 1.29 is 4.79 Å². The molecule has 1 unspecified atom stereocenters. The maximum absolute atomic E-state index is 11.5. The average molecular weight is 277 g/mol.